The van der Waals surface area contributed by atoms with Crippen molar-refractivity contribution in [2.24, 2.45) is 0 Å². The van der Waals surface area contributed by atoms with Crippen LogP contribution in [0.1, 0.15) is 29.9 Å². The van der Waals surface area contributed by atoms with Crippen molar-refractivity contribution in [3.63, 3.8) is 0 Å². The first-order chi connectivity index (χ1) is 9.19. The van der Waals surface area contributed by atoms with Crippen LogP contribution in [0.2, 0.25) is 0 Å². The molecule has 1 fully saturated rings. The molecule has 0 saturated heterocycles. The Bertz CT molecular complexity index is 413. The molecule has 0 spiro atoms. The van der Waals surface area contributed by atoms with Crippen molar-refractivity contribution in [3.8, 4) is 0 Å². The summed E-state index contributed by atoms with van der Waals surface area (Å²) < 4.78 is 4.96. The number of benzene rings is 1. The quantitative estimate of drug-likeness (QED) is 0.740. The molecule has 0 bridgehead atoms. The van der Waals surface area contributed by atoms with Crippen molar-refractivity contribution >= 4 is 0 Å². The van der Waals surface area contributed by atoms with Crippen LogP contribution in [-0.4, -0.2) is 30.4 Å². The highest BCUT2D eigenvalue weighted by Crippen LogP contribution is 2.36. The summed E-state index contributed by atoms with van der Waals surface area (Å²) in [6, 6.07) is 9.26. The number of rotatable bonds is 7. The molecular weight excluding hydrogens is 238 g/mol. The summed E-state index contributed by atoms with van der Waals surface area (Å²) in [6.45, 7) is 6.48. The largest absolute Gasteiger partial charge is 0.499 e. The van der Waals surface area contributed by atoms with E-state index >= 15 is 0 Å². The van der Waals surface area contributed by atoms with Crippen LogP contribution in [0, 0.1) is 6.92 Å². The molecule has 0 heterocycles. The molecule has 1 aliphatic carbocycles. The second-order valence-corrected chi connectivity index (χ2v) is 5.34. The summed E-state index contributed by atoms with van der Waals surface area (Å²) in [5.74, 6) is 0.666. The van der Waals surface area contributed by atoms with Crippen LogP contribution in [0.15, 0.2) is 37.1 Å². The minimum atomic E-state index is -0.462. The lowest BCUT2D eigenvalue weighted by Gasteiger charge is -2.37. The van der Waals surface area contributed by atoms with Gasteiger partial charge < -0.3 is 15.2 Å². The van der Waals surface area contributed by atoms with Gasteiger partial charge in [0.25, 0.3) is 0 Å². The van der Waals surface area contributed by atoms with E-state index in [1.807, 2.05) is 0 Å². The van der Waals surface area contributed by atoms with Gasteiger partial charge in [0.15, 0.2) is 0 Å². The number of hydrogen-bond acceptors (Lipinski definition) is 3. The van der Waals surface area contributed by atoms with Crippen molar-refractivity contribution in [1.82, 2.24) is 5.32 Å². The first-order valence-corrected chi connectivity index (χ1v) is 6.89. The Hall–Kier alpha value is -1.32. The zero-order valence-corrected chi connectivity index (χ0v) is 11.5. The van der Waals surface area contributed by atoms with E-state index in [-0.39, 0.29) is 0 Å². The second kappa shape index (κ2) is 6.73. The number of aliphatic hydroxyl groups excluding tert-OH is 1. The lowest BCUT2D eigenvalue weighted by Crippen LogP contribution is -2.44. The lowest BCUT2D eigenvalue weighted by molar-refractivity contribution is 0.0778. The van der Waals surface area contributed by atoms with Gasteiger partial charge in [-0.3, -0.25) is 0 Å². The Labute approximate surface area is 115 Å². The van der Waals surface area contributed by atoms with E-state index in [1.165, 1.54) is 17.4 Å². The second-order valence-electron chi connectivity index (χ2n) is 5.34. The summed E-state index contributed by atoms with van der Waals surface area (Å²) in [7, 11) is 0. The maximum absolute atomic E-state index is 9.63. The highest BCUT2D eigenvalue weighted by atomic mass is 16.5. The van der Waals surface area contributed by atoms with Gasteiger partial charge in [0.2, 0.25) is 0 Å². The topological polar surface area (TPSA) is 41.5 Å². The zero-order valence-electron chi connectivity index (χ0n) is 11.5. The first-order valence-electron chi connectivity index (χ1n) is 6.89. The molecule has 3 nitrogen and oxygen atoms in total. The van der Waals surface area contributed by atoms with Gasteiger partial charge in [-0.2, -0.15) is 0 Å². The van der Waals surface area contributed by atoms with E-state index in [0.29, 0.717) is 25.1 Å². The molecule has 2 N–H and O–H groups in total. The van der Waals surface area contributed by atoms with Crippen LogP contribution in [0.25, 0.3) is 0 Å². The molecule has 3 heteroatoms. The van der Waals surface area contributed by atoms with Crippen molar-refractivity contribution < 1.29 is 9.84 Å². The predicted octanol–water partition coefficient (Wildman–Crippen LogP) is 2.35. The van der Waals surface area contributed by atoms with Gasteiger partial charge in [-0.25, -0.2) is 0 Å². The number of nitrogens with one attached hydrogen (secondary N) is 1. The molecule has 0 radical (unpaired) electrons. The molecule has 0 aromatic heterocycles. The van der Waals surface area contributed by atoms with E-state index in [9.17, 15) is 5.11 Å². The molecule has 0 aliphatic heterocycles. The third-order valence-electron chi connectivity index (χ3n) is 3.70. The van der Waals surface area contributed by atoms with Crippen molar-refractivity contribution in [2.75, 3.05) is 13.2 Å². The van der Waals surface area contributed by atoms with Gasteiger partial charge in [0.1, 0.15) is 12.7 Å². The van der Waals surface area contributed by atoms with Crippen LogP contribution in [0.5, 0.6) is 0 Å². The molecule has 19 heavy (non-hydrogen) atoms. The summed E-state index contributed by atoms with van der Waals surface area (Å²) >= 11 is 0. The van der Waals surface area contributed by atoms with Crippen molar-refractivity contribution in [1.29, 1.82) is 0 Å². The number of aryl methyl sites for hydroxylation is 1. The molecule has 1 saturated carbocycles. The van der Waals surface area contributed by atoms with Crippen molar-refractivity contribution in [3.05, 3.63) is 48.2 Å². The third kappa shape index (κ3) is 4.08. The standard InChI is InChI=1S/C16H23NO2/c1-3-19-11-16(18)10-17-15-8-14(9-15)13-6-4-5-12(2)7-13/h3-7,14-18H,1,8-11H2,2H3. The highest BCUT2D eigenvalue weighted by Gasteiger charge is 2.30. The summed E-state index contributed by atoms with van der Waals surface area (Å²) in [4.78, 5) is 0. The Morgan fingerprint density at radius 2 is 2.32 bits per heavy atom. The SMILES string of the molecule is C=COCC(O)CNC1CC(c2cccc(C)c2)C1. The minimum Gasteiger partial charge on any atom is -0.499 e. The van der Waals surface area contributed by atoms with Crippen LogP contribution < -0.4 is 5.32 Å². The molecule has 1 unspecified atom stereocenters. The number of aliphatic hydroxyl groups is 1. The summed E-state index contributed by atoms with van der Waals surface area (Å²) in [5.41, 5.74) is 2.76. The number of ether oxygens (including phenoxy) is 1. The normalized spacial score (nSPS) is 23.5. The minimum absolute atomic E-state index is 0.310. The van der Waals surface area contributed by atoms with E-state index in [1.54, 1.807) is 0 Å². The fourth-order valence-electron chi connectivity index (χ4n) is 2.52. The first kappa shape index (κ1) is 14.1. The van der Waals surface area contributed by atoms with E-state index in [4.69, 9.17) is 4.74 Å². The van der Waals surface area contributed by atoms with Gasteiger partial charge >= 0.3 is 0 Å². The predicted molar refractivity (Wildman–Crippen MR) is 77.1 cm³/mol. The van der Waals surface area contributed by atoms with Gasteiger partial charge in [0, 0.05) is 12.6 Å². The molecule has 2 rings (SSSR count). The van der Waals surface area contributed by atoms with Gasteiger partial charge in [-0.1, -0.05) is 36.4 Å². The average Bonchev–Trinajstić information content (AvgIpc) is 2.34. The van der Waals surface area contributed by atoms with E-state index in [2.05, 4.69) is 43.1 Å². The van der Waals surface area contributed by atoms with Crippen molar-refractivity contribution in [2.45, 2.75) is 37.8 Å². The Morgan fingerprint density at radius 1 is 1.53 bits per heavy atom. The molecule has 1 atom stereocenters. The van der Waals surface area contributed by atoms with E-state index in [0.717, 1.165) is 12.8 Å². The molecule has 1 aromatic carbocycles. The third-order valence-corrected chi connectivity index (χ3v) is 3.70. The monoisotopic (exact) mass is 261 g/mol. The summed E-state index contributed by atoms with van der Waals surface area (Å²) in [6.07, 6.45) is 3.20. The fourth-order valence-corrected chi connectivity index (χ4v) is 2.52. The van der Waals surface area contributed by atoms with Gasteiger partial charge in [0.05, 0.1) is 6.26 Å². The Kier molecular flexibility index (Phi) is 5.00. The molecule has 1 aromatic rings. The lowest BCUT2D eigenvalue weighted by atomic mass is 9.75. The zero-order chi connectivity index (χ0) is 13.7. The molecule has 1 aliphatic rings. The number of hydrogen-bond donors (Lipinski definition) is 2. The highest BCUT2D eigenvalue weighted by molar-refractivity contribution is 5.27. The van der Waals surface area contributed by atoms with Gasteiger partial charge in [-0.05, 0) is 31.2 Å². The van der Waals surface area contributed by atoms with Crippen LogP contribution >= 0.6 is 0 Å². The maximum atomic E-state index is 9.63. The average molecular weight is 261 g/mol. The summed E-state index contributed by atoms with van der Waals surface area (Å²) in [5, 5.41) is 13.0. The van der Waals surface area contributed by atoms with Gasteiger partial charge in [-0.15, -0.1) is 0 Å². The van der Waals surface area contributed by atoms with Crippen LogP contribution in [0.3, 0.4) is 0 Å². The van der Waals surface area contributed by atoms with Crippen LogP contribution in [0.4, 0.5) is 0 Å². The smallest absolute Gasteiger partial charge is 0.114 e. The Balaban J connectivity index is 1.67. The van der Waals surface area contributed by atoms with Crippen LogP contribution in [-0.2, 0) is 4.74 Å². The fraction of sp³-hybridized carbons (Fsp3) is 0.500. The van der Waals surface area contributed by atoms with E-state index < -0.39 is 6.10 Å². The molecule has 0 amide bonds. The maximum Gasteiger partial charge on any atom is 0.114 e. The molecular formula is C16H23NO2. The molecule has 104 valence electrons. The Morgan fingerprint density at radius 3 is 3.00 bits per heavy atom.